The van der Waals surface area contributed by atoms with Gasteiger partial charge in [-0.15, -0.1) is 0 Å². The van der Waals surface area contributed by atoms with Crippen LogP contribution in [0.5, 0.6) is 0 Å². The molecular weight excluding hydrogens is 318 g/mol. The van der Waals surface area contributed by atoms with Crippen molar-refractivity contribution >= 4 is 11.9 Å². The first kappa shape index (κ1) is 21.7. The van der Waals surface area contributed by atoms with Crippen molar-refractivity contribution in [1.82, 2.24) is 20.9 Å². The fraction of sp³-hybridized carbons (Fsp3) is 0.889. The number of methoxy groups -OCH3 is 1. The number of amides is 1. The summed E-state index contributed by atoms with van der Waals surface area (Å²) in [4.78, 5) is 18.5. The van der Waals surface area contributed by atoms with Gasteiger partial charge < -0.3 is 25.6 Å². The molecule has 0 bridgehead atoms. The number of hydrogen-bond donors (Lipinski definition) is 3. The van der Waals surface area contributed by atoms with Crippen LogP contribution in [0, 0.1) is 5.92 Å². The summed E-state index contributed by atoms with van der Waals surface area (Å²) in [6, 6.07) is 0. The van der Waals surface area contributed by atoms with Crippen LogP contribution in [0.15, 0.2) is 4.99 Å². The quantitative estimate of drug-likeness (QED) is 0.290. The largest absolute Gasteiger partial charge is 0.385 e. The van der Waals surface area contributed by atoms with E-state index in [4.69, 9.17) is 4.74 Å². The zero-order valence-electron chi connectivity index (χ0n) is 16.3. The van der Waals surface area contributed by atoms with Gasteiger partial charge in [0.15, 0.2) is 5.96 Å². The average Bonchev–Trinajstić information content (AvgIpc) is 2.64. The SMILES string of the molecule is CN=C(NCCNC(=O)C1CCCCC1)NCCN(C)CCCOC. The van der Waals surface area contributed by atoms with Crippen molar-refractivity contribution in [3.63, 3.8) is 0 Å². The smallest absolute Gasteiger partial charge is 0.223 e. The molecule has 7 heteroatoms. The number of nitrogens with one attached hydrogen (secondary N) is 3. The fourth-order valence-corrected chi connectivity index (χ4v) is 3.05. The Morgan fingerprint density at radius 3 is 2.44 bits per heavy atom. The highest BCUT2D eigenvalue weighted by molar-refractivity contribution is 5.80. The molecule has 1 saturated carbocycles. The minimum absolute atomic E-state index is 0.210. The van der Waals surface area contributed by atoms with Crippen LogP contribution in [0.4, 0.5) is 0 Å². The molecule has 0 aromatic carbocycles. The first-order chi connectivity index (χ1) is 12.2. The molecule has 0 atom stereocenters. The number of ether oxygens (including phenoxy) is 1. The number of carbonyl (C=O) groups excluding carboxylic acids is 1. The first-order valence-corrected chi connectivity index (χ1v) is 9.57. The predicted molar refractivity (Wildman–Crippen MR) is 103 cm³/mol. The van der Waals surface area contributed by atoms with E-state index in [-0.39, 0.29) is 11.8 Å². The van der Waals surface area contributed by atoms with Crippen molar-refractivity contribution in [2.75, 3.05) is 60.5 Å². The summed E-state index contributed by atoms with van der Waals surface area (Å²) in [5, 5.41) is 9.57. The molecule has 1 aliphatic rings. The molecule has 0 aromatic heterocycles. The predicted octanol–water partition coefficient (Wildman–Crippen LogP) is 0.816. The lowest BCUT2D eigenvalue weighted by molar-refractivity contribution is -0.125. The molecule has 0 saturated heterocycles. The Kier molecular flexibility index (Phi) is 12.1. The summed E-state index contributed by atoms with van der Waals surface area (Å²) in [5.74, 6) is 1.21. The van der Waals surface area contributed by atoms with Gasteiger partial charge in [-0.3, -0.25) is 9.79 Å². The molecule has 1 rings (SSSR count). The van der Waals surface area contributed by atoms with Gasteiger partial charge in [-0.2, -0.15) is 0 Å². The second kappa shape index (κ2) is 13.9. The maximum Gasteiger partial charge on any atom is 0.223 e. The number of aliphatic imine (C=N–C) groups is 1. The van der Waals surface area contributed by atoms with Gasteiger partial charge in [-0.05, 0) is 26.3 Å². The number of hydrogen-bond acceptors (Lipinski definition) is 4. The summed E-state index contributed by atoms with van der Waals surface area (Å²) >= 11 is 0. The van der Waals surface area contributed by atoms with Crippen LogP contribution >= 0.6 is 0 Å². The molecule has 0 spiro atoms. The monoisotopic (exact) mass is 355 g/mol. The highest BCUT2D eigenvalue weighted by Crippen LogP contribution is 2.23. The molecular formula is C18H37N5O2. The molecule has 7 nitrogen and oxygen atoms in total. The van der Waals surface area contributed by atoms with Crippen LogP contribution in [-0.2, 0) is 9.53 Å². The summed E-state index contributed by atoms with van der Waals surface area (Å²) in [5.41, 5.74) is 0. The number of nitrogens with zero attached hydrogens (tertiary/aromatic N) is 2. The maximum absolute atomic E-state index is 12.1. The van der Waals surface area contributed by atoms with Gasteiger partial charge in [0, 0.05) is 59.4 Å². The Labute approximate surface area is 153 Å². The second-order valence-electron chi connectivity index (χ2n) is 6.70. The minimum atomic E-state index is 0.210. The summed E-state index contributed by atoms with van der Waals surface area (Å²) in [7, 11) is 5.60. The van der Waals surface area contributed by atoms with Gasteiger partial charge in [0.2, 0.25) is 5.91 Å². The number of guanidine groups is 1. The Morgan fingerprint density at radius 2 is 1.76 bits per heavy atom. The molecule has 1 amide bonds. The summed E-state index contributed by atoms with van der Waals surface area (Å²) in [6.45, 7) is 4.91. The third-order valence-corrected chi connectivity index (χ3v) is 4.59. The first-order valence-electron chi connectivity index (χ1n) is 9.57. The second-order valence-corrected chi connectivity index (χ2v) is 6.70. The van der Waals surface area contributed by atoms with Gasteiger partial charge in [0.25, 0.3) is 0 Å². The fourth-order valence-electron chi connectivity index (χ4n) is 3.05. The van der Waals surface area contributed by atoms with Crippen molar-refractivity contribution in [1.29, 1.82) is 0 Å². The lowest BCUT2D eigenvalue weighted by Gasteiger charge is -2.21. The summed E-state index contributed by atoms with van der Waals surface area (Å²) < 4.78 is 5.06. The van der Waals surface area contributed by atoms with Crippen molar-refractivity contribution in [2.45, 2.75) is 38.5 Å². The molecule has 146 valence electrons. The van der Waals surface area contributed by atoms with E-state index in [1.54, 1.807) is 14.2 Å². The lowest BCUT2D eigenvalue weighted by atomic mass is 9.89. The standard InChI is InChI=1S/C18H37N5O2/c1-19-18(22-12-14-23(2)13-7-15-25-3)21-11-10-20-17(24)16-8-5-4-6-9-16/h16H,4-15H2,1-3H3,(H,20,24)(H2,19,21,22). The minimum Gasteiger partial charge on any atom is -0.385 e. The highest BCUT2D eigenvalue weighted by atomic mass is 16.5. The van der Waals surface area contributed by atoms with Crippen LogP contribution in [0.1, 0.15) is 38.5 Å². The van der Waals surface area contributed by atoms with E-state index in [0.29, 0.717) is 13.1 Å². The molecule has 0 unspecified atom stereocenters. The van der Waals surface area contributed by atoms with Crippen molar-refractivity contribution in [2.24, 2.45) is 10.9 Å². The van der Waals surface area contributed by atoms with Gasteiger partial charge in [-0.1, -0.05) is 19.3 Å². The topological polar surface area (TPSA) is 78.0 Å². The van der Waals surface area contributed by atoms with E-state index in [1.807, 2.05) is 0 Å². The molecule has 3 N–H and O–H groups in total. The molecule has 25 heavy (non-hydrogen) atoms. The van der Waals surface area contributed by atoms with Crippen LogP contribution in [0.25, 0.3) is 0 Å². The molecule has 0 heterocycles. The van der Waals surface area contributed by atoms with Crippen LogP contribution in [0.2, 0.25) is 0 Å². The highest BCUT2D eigenvalue weighted by Gasteiger charge is 2.20. The zero-order chi connectivity index (χ0) is 18.3. The van der Waals surface area contributed by atoms with Crippen molar-refractivity contribution in [3.8, 4) is 0 Å². The lowest BCUT2D eigenvalue weighted by Crippen LogP contribution is -2.44. The Bertz CT molecular complexity index is 384. The van der Waals surface area contributed by atoms with Gasteiger partial charge in [-0.25, -0.2) is 0 Å². The Hall–Kier alpha value is -1.34. The molecule has 1 fully saturated rings. The van der Waals surface area contributed by atoms with Gasteiger partial charge in [0.1, 0.15) is 0 Å². The van der Waals surface area contributed by atoms with E-state index in [9.17, 15) is 4.79 Å². The average molecular weight is 356 g/mol. The van der Waals surface area contributed by atoms with Crippen molar-refractivity contribution in [3.05, 3.63) is 0 Å². The van der Waals surface area contributed by atoms with E-state index in [2.05, 4.69) is 32.9 Å². The zero-order valence-corrected chi connectivity index (χ0v) is 16.3. The number of carbonyl (C=O) groups is 1. The summed E-state index contributed by atoms with van der Waals surface area (Å²) in [6.07, 6.45) is 6.77. The normalized spacial score (nSPS) is 16.1. The van der Waals surface area contributed by atoms with Crippen LogP contribution < -0.4 is 16.0 Å². The van der Waals surface area contributed by atoms with Crippen molar-refractivity contribution < 1.29 is 9.53 Å². The molecule has 0 radical (unpaired) electrons. The third kappa shape index (κ3) is 10.3. The Morgan fingerprint density at radius 1 is 1.08 bits per heavy atom. The molecule has 1 aliphatic carbocycles. The van der Waals surface area contributed by atoms with Gasteiger partial charge in [0.05, 0.1) is 0 Å². The van der Waals surface area contributed by atoms with Crippen LogP contribution in [0.3, 0.4) is 0 Å². The molecule has 0 aliphatic heterocycles. The van der Waals surface area contributed by atoms with E-state index in [0.717, 1.165) is 51.5 Å². The molecule has 0 aromatic rings. The van der Waals surface area contributed by atoms with E-state index >= 15 is 0 Å². The van der Waals surface area contributed by atoms with E-state index in [1.165, 1.54) is 19.3 Å². The number of likely N-dealkylation sites (N-methyl/N-ethyl adjacent to an activating group) is 1. The Balaban J connectivity index is 2.06. The maximum atomic E-state index is 12.1. The van der Waals surface area contributed by atoms with Gasteiger partial charge >= 0.3 is 0 Å². The van der Waals surface area contributed by atoms with E-state index < -0.39 is 0 Å². The van der Waals surface area contributed by atoms with Crippen LogP contribution in [-0.4, -0.2) is 77.3 Å². The number of rotatable bonds is 11. The third-order valence-electron chi connectivity index (χ3n) is 4.59.